The molecule has 3 N–H and O–H groups in total. The maximum atomic E-state index is 11.8. The largest absolute Gasteiger partial charge is 0.387 e. The molecule has 0 aromatic rings. The Bertz CT molecular complexity index is 260. The number of hydrogen-bond acceptors (Lipinski definition) is 3. The predicted molar refractivity (Wildman–Crippen MR) is 61.2 cm³/mol. The molecule has 5 heteroatoms. The van der Waals surface area contributed by atoms with Gasteiger partial charge in [0.1, 0.15) is 0 Å². The highest BCUT2D eigenvalue weighted by Crippen LogP contribution is 2.19. The summed E-state index contributed by atoms with van der Waals surface area (Å²) in [6, 6.07) is 0.288. The van der Waals surface area contributed by atoms with Crippen LogP contribution in [0.2, 0.25) is 0 Å². The zero-order valence-electron chi connectivity index (χ0n) is 9.83. The number of rotatable bonds is 3. The van der Waals surface area contributed by atoms with Crippen molar-refractivity contribution < 1.29 is 9.90 Å². The summed E-state index contributed by atoms with van der Waals surface area (Å²) in [6.45, 7) is 1.81. The molecule has 1 saturated heterocycles. The van der Waals surface area contributed by atoms with Gasteiger partial charge in [-0.05, 0) is 32.2 Å². The van der Waals surface area contributed by atoms with Crippen LogP contribution in [0.15, 0.2) is 0 Å². The summed E-state index contributed by atoms with van der Waals surface area (Å²) >= 11 is 0. The van der Waals surface area contributed by atoms with Gasteiger partial charge in [0.25, 0.3) is 0 Å². The fourth-order valence-corrected chi connectivity index (χ4v) is 2.22. The number of likely N-dealkylation sites (N-methyl/N-ethyl adjacent to an activating group) is 1. The van der Waals surface area contributed by atoms with E-state index in [0.29, 0.717) is 25.6 Å². The predicted octanol–water partition coefficient (Wildman–Crippen LogP) is -0.0953. The van der Waals surface area contributed by atoms with E-state index in [1.807, 2.05) is 0 Å². The highest BCUT2D eigenvalue weighted by Gasteiger charge is 2.33. The molecule has 2 amide bonds. The van der Waals surface area contributed by atoms with Gasteiger partial charge in [-0.1, -0.05) is 0 Å². The monoisotopic (exact) mass is 227 g/mol. The van der Waals surface area contributed by atoms with Gasteiger partial charge in [-0.2, -0.15) is 0 Å². The minimum atomic E-state index is -0.744. The molecule has 0 radical (unpaired) electrons. The number of carbonyl (C=O) groups excluding carboxylic acids is 1. The summed E-state index contributed by atoms with van der Waals surface area (Å²) in [4.78, 5) is 13.3. The molecule has 2 fully saturated rings. The van der Waals surface area contributed by atoms with Gasteiger partial charge in [-0.25, -0.2) is 4.79 Å². The van der Waals surface area contributed by atoms with Crippen LogP contribution in [-0.4, -0.2) is 54.4 Å². The Labute approximate surface area is 96.2 Å². The van der Waals surface area contributed by atoms with Crippen molar-refractivity contribution in [3.63, 3.8) is 0 Å². The van der Waals surface area contributed by atoms with Crippen LogP contribution in [0.1, 0.15) is 25.7 Å². The van der Waals surface area contributed by atoms with Gasteiger partial charge in [-0.15, -0.1) is 0 Å². The van der Waals surface area contributed by atoms with Crippen LogP contribution in [0.5, 0.6) is 0 Å². The van der Waals surface area contributed by atoms with Crippen molar-refractivity contribution in [2.75, 3.05) is 26.7 Å². The number of aliphatic hydroxyl groups is 1. The standard InChI is InChI=1S/C11H21N3O2/c1-14(8-11(16)5-6-12-7-11)10(15)13-9-3-2-4-9/h9,12,16H,2-8H2,1H3,(H,13,15). The molecule has 2 aliphatic rings. The summed E-state index contributed by atoms with van der Waals surface area (Å²) in [7, 11) is 1.74. The molecule has 1 aliphatic carbocycles. The van der Waals surface area contributed by atoms with Crippen molar-refractivity contribution >= 4 is 6.03 Å². The Morgan fingerprint density at radius 1 is 1.62 bits per heavy atom. The number of carbonyl (C=O) groups is 1. The minimum absolute atomic E-state index is 0.0648. The van der Waals surface area contributed by atoms with Gasteiger partial charge >= 0.3 is 6.03 Å². The fourth-order valence-electron chi connectivity index (χ4n) is 2.22. The first-order valence-corrected chi connectivity index (χ1v) is 6.04. The Hall–Kier alpha value is -0.810. The van der Waals surface area contributed by atoms with Crippen LogP contribution in [0.4, 0.5) is 4.79 Å². The van der Waals surface area contributed by atoms with E-state index in [-0.39, 0.29) is 6.03 Å². The van der Waals surface area contributed by atoms with Crippen molar-refractivity contribution in [1.29, 1.82) is 0 Å². The van der Waals surface area contributed by atoms with E-state index in [9.17, 15) is 9.90 Å². The highest BCUT2D eigenvalue weighted by atomic mass is 16.3. The average Bonchev–Trinajstić information content (AvgIpc) is 2.58. The number of urea groups is 1. The zero-order valence-corrected chi connectivity index (χ0v) is 9.83. The van der Waals surface area contributed by atoms with Gasteiger partial charge in [0.05, 0.1) is 12.1 Å². The minimum Gasteiger partial charge on any atom is -0.387 e. The first-order valence-electron chi connectivity index (χ1n) is 6.04. The van der Waals surface area contributed by atoms with Crippen molar-refractivity contribution in [2.45, 2.75) is 37.3 Å². The molecule has 92 valence electrons. The van der Waals surface area contributed by atoms with E-state index in [1.54, 1.807) is 11.9 Å². The van der Waals surface area contributed by atoms with E-state index in [2.05, 4.69) is 10.6 Å². The number of nitrogens with one attached hydrogen (secondary N) is 2. The molecule has 16 heavy (non-hydrogen) atoms. The second-order valence-corrected chi connectivity index (χ2v) is 5.08. The number of β-amino-alcohol motifs (C(OH)–C–C–N with tert-alkyl or cyclic N) is 1. The van der Waals surface area contributed by atoms with Crippen molar-refractivity contribution in [3.05, 3.63) is 0 Å². The normalized spacial score (nSPS) is 29.9. The summed E-state index contributed by atoms with van der Waals surface area (Å²) in [5.74, 6) is 0. The molecule has 1 heterocycles. The summed E-state index contributed by atoms with van der Waals surface area (Å²) in [5.41, 5.74) is -0.744. The lowest BCUT2D eigenvalue weighted by molar-refractivity contribution is 0.0361. The highest BCUT2D eigenvalue weighted by molar-refractivity contribution is 5.74. The van der Waals surface area contributed by atoms with Crippen molar-refractivity contribution in [3.8, 4) is 0 Å². The molecular formula is C11H21N3O2. The lowest BCUT2D eigenvalue weighted by atomic mass is 9.93. The second-order valence-electron chi connectivity index (χ2n) is 5.08. The number of nitrogens with zero attached hydrogens (tertiary/aromatic N) is 1. The van der Waals surface area contributed by atoms with Crippen LogP contribution in [0.3, 0.4) is 0 Å². The number of amides is 2. The third kappa shape index (κ3) is 2.65. The quantitative estimate of drug-likeness (QED) is 0.631. The molecule has 5 nitrogen and oxygen atoms in total. The molecule has 0 aromatic heterocycles. The topological polar surface area (TPSA) is 64.6 Å². The Morgan fingerprint density at radius 2 is 2.38 bits per heavy atom. The molecular weight excluding hydrogens is 206 g/mol. The van der Waals surface area contributed by atoms with Crippen LogP contribution < -0.4 is 10.6 Å². The molecule has 0 bridgehead atoms. The first-order chi connectivity index (χ1) is 7.59. The maximum Gasteiger partial charge on any atom is 0.317 e. The van der Waals surface area contributed by atoms with Crippen molar-refractivity contribution in [2.24, 2.45) is 0 Å². The average molecular weight is 227 g/mol. The maximum absolute atomic E-state index is 11.8. The molecule has 1 saturated carbocycles. The Balaban J connectivity index is 1.77. The SMILES string of the molecule is CN(CC1(O)CCNC1)C(=O)NC1CCC1. The van der Waals surface area contributed by atoms with Crippen molar-refractivity contribution in [1.82, 2.24) is 15.5 Å². The third-order valence-electron chi connectivity index (χ3n) is 3.53. The first kappa shape index (κ1) is 11.7. The molecule has 0 aromatic carbocycles. The molecule has 2 rings (SSSR count). The van der Waals surface area contributed by atoms with Crippen LogP contribution >= 0.6 is 0 Å². The fraction of sp³-hybridized carbons (Fsp3) is 0.909. The van der Waals surface area contributed by atoms with Crippen LogP contribution in [0.25, 0.3) is 0 Å². The van der Waals surface area contributed by atoms with Gasteiger partial charge < -0.3 is 20.6 Å². The zero-order chi connectivity index (χ0) is 11.6. The Morgan fingerprint density at radius 3 is 2.88 bits per heavy atom. The summed E-state index contributed by atoms with van der Waals surface area (Å²) < 4.78 is 0. The lowest BCUT2D eigenvalue weighted by Crippen LogP contribution is -2.51. The van der Waals surface area contributed by atoms with E-state index < -0.39 is 5.60 Å². The molecule has 1 atom stereocenters. The third-order valence-corrected chi connectivity index (χ3v) is 3.53. The lowest BCUT2D eigenvalue weighted by Gasteiger charge is -2.32. The molecule has 0 spiro atoms. The van der Waals surface area contributed by atoms with Crippen LogP contribution in [-0.2, 0) is 0 Å². The number of hydrogen-bond donors (Lipinski definition) is 3. The smallest absolute Gasteiger partial charge is 0.317 e. The Kier molecular flexibility index (Phi) is 3.35. The van der Waals surface area contributed by atoms with Gasteiger partial charge in [-0.3, -0.25) is 0 Å². The molecule has 1 unspecified atom stereocenters. The van der Waals surface area contributed by atoms with E-state index in [4.69, 9.17) is 0 Å². The van der Waals surface area contributed by atoms with Crippen LogP contribution in [0, 0.1) is 0 Å². The van der Waals surface area contributed by atoms with E-state index >= 15 is 0 Å². The van der Waals surface area contributed by atoms with E-state index in [1.165, 1.54) is 6.42 Å². The summed E-state index contributed by atoms with van der Waals surface area (Å²) in [6.07, 6.45) is 4.10. The summed E-state index contributed by atoms with van der Waals surface area (Å²) in [5, 5.41) is 16.2. The van der Waals surface area contributed by atoms with Gasteiger partial charge in [0, 0.05) is 19.6 Å². The molecule has 1 aliphatic heterocycles. The van der Waals surface area contributed by atoms with E-state index in [0.717, 1.165) is 19.4 Å². The van der Waals surface area contributed by atoms with Gasteiger partial charge in [0.15, 0.2) is 0 Å². The second kappa shape index (κ2) is 4.59. The van der Waals surface area contributed by atoms with Gasteiger partial charge in [0.2, 0.25) is 0 Å².